The van der Waals surface area contributed by atoms with Gasteiger partial charge in [0.15, 0.2) is 0 Å². The fourth-order valence-electron chi connectivity index (χ4n) is 2.04. The summed E-state index contributed by atoms with van der Waals surface area (Å²) < 4.78 is 0. The van der Waals surface area contributed by atoms with E-state index in [1.165, 1.54) is 19.3 Å². The van der Waals surface area contributed by atoms with Gasteiger partial charge in [0.25, 0.3) is 0 Å². The van der Waals surface area contributed by atoms with Crippen LogP contribution >= 0.6 is 0 Å². The fourth-order valence-corrected chi connectivity index (χ4v) is 2.04. The number of fused-ring (bicyclic) bond motifs is 1. The highest BCUT2D eigenvalue weighted by atomic mass is 16.4. The van der Waals surface area contributed by atoms with Crippen molar-refractivity contribution < 1.29 is 9.90 Å². The lowest BCUT2D eigenvalue weighted by Crippen LogP contribution is -2.10. The van der Waals surface area contributed by atoms with E-state index in [9.17, 15) is 4.79 Å². The third-order valence-corrected chi connectivity index (χ3v) is 3.24. The Labute approximate surface area is 92.3 Å². The van der Waals surface area contributed by atoms with Crippen LogP contribution in [0.5, 0.6) is 0 Å². The van der Waals surface area contributed by atoms with Crippen LogP contribution < -0.4 is 0 Å². The highest BCUT2D eigenvalue weighted by Gasteiger charge is 2.22. The van der Waals surface area contributed by atoms with E-state index < -0.39 is 5.97 Å². The van der Waals surface area contributed by atoms with Crippen molar-refractivity contribution >= 4 is 17.0 Å². The van der Waals surface area contributed by atoms with E-state index in [4.69, 9.17) is 5.11 Å². The molecule has 0 radical (unpaired) electrons. The number of benzene rings is 1. The Morgan fingerprint density at radius 2 is 2.25 bits per heavy atom. The second-order valence-corrected chi connectivity index (χ2v) is 4.29. The van der Waals surface area contributed by atoms with Crippen molar-refractivity contribution in [1.82, 2.24) is 9.97 Å². The van der Waals surface area contributed by atoms with Crippen LogP contribution in [-0.2, 0) is 0 Å². The zero-order valence-corrected chi connectivity index (χ0v) is 8.73. The number of carbonyl (C=O) groups is 1. The van der Waals surface area contributed by atoms with Gasteiger partial charge in [-0.3, -0.25) is 0 Å². The Hall–Kier alpha value is -1.84. The number of H-pyrrole nitrogens is 1. The molecule has 1 aliphatic carbocycles. The molecule has 0 unspecified atom stereocenters. The number of imidazole rings is 1. The monoisotopic (exact) mass is 216 g/mol. The predicted octanol–water partition coefficient (Wildman–Crippen LogP) is 2.53. The van der Waals surface area contributed by atoms with E-state index in [0.29, 0.717) is 11.5 Å². The minimum Gasteiger partial charge on any atom is -0.478 e. The first-order valence-electron chi connectivity index (χ1n) is 5.47. The quantitative estimate of drug-likeness (QED) is 0.810. The molecule has 2 aromatic rings. The van der Waals surface area contributed by atoms with Crippen LogP contribution in [-0.4, -0.2) is 21.0 Å². The van der Waals surface area contributed by atoms with E-state index in [-0.39, 0.29) is 0 Å². The Kier molecular flexibility index (Phi) is 1.96. The first-order valence-corrected chi connectivity index (χ1v) is 5.47. The number of aromatic carboxylic acids is 1. The summed E-state index contributed by atoms with van der Waals surface area (Å²) >= 11 is 0. The molecule has 1 aromatic carbocycles. The molecule has 0 atom stereocenters. The molecule has 0 saturated heterocycles. The van der Waals surface area contributed by atoms with Crippen LogP contribution in [0, 0.1) is 0 Å². The summed E-state index contributed by atoms with van der Waals surface area (Å²) in [6.07, 6.45) is 3.64. The van der Waals surface area contributed by atoms with Crippen molar-refractivity contribution in [2.45, 2.75) is 25.2 Å². The van der Waals surface area contributed by atoms with Gasteiger partial charge in [-0.1, -0.05) is 6.42 Å². The van der Waals surface area contributed by atoms with E-state index in [1.807, 2.05) is 0 Å². The molecule has 16 heavy (non-hydrogen) atoms. The Morgan fingerprint density at radius 3 is 2.88 bits per heavy atom. The van der Waals surface area contributed by atoms with Crippen LogP contribution in [0.2, 0.25) is 0 Å². The third-order valence-electron chi connectivity index (χ3n) is 3.24. The maximum atomic E-state index is 10.8. The molecule has 82 valence electrons. The maximum absolute atomic E-state index is 10.8. The zero-order valence-electron chi connectivity index (χ0n) is 8.73. The van der Waals surface area contributed by atoms with Gasteiger partial charge in [-0.2, -0.15) is 0 Å². The Morgan fingerprint density at radius 1 is 1.44 bits per heavy atom. The summed E-state index contributed by atoms with van der Waals surface area (Å²) in [5.41, 5.74) is 1.98. The number of rotatable bonds is 2. The summed E-state index contributed by atoms with van der Waals surface area (Å²) in [5, 5.41) is 8.88. The molecule has 3 rings (SSSR count). The molecule has 0 bridgehead atoms. The van der Waals surface area contributed by atoms with Gasteiger partial charge in [-0.05, 0) is 31.0 Å². The summed E-state index contributed by atoms with van der Waals surface area (Å²) in [6, 6.07) is 5.00. The molecule has 2 N–H and O–H groups in total. The number of hydrogen-bond donors (Lipinski definition) is 2. The molecule has 0 amide bonds. The number of aromatic amines is 1. The largest absolute Gasteiger partial charge is 0.478 e. The summed E-state index contributed by atoms with van der Waals surface area (Å²) in [4.78, 5) is 18.5. The van der Waals surface area contributed by atoms with Gasteiger partial charge in [0, 0.05) is 5.92 Å². The van der Waals surface area contributed by atoms with Gasteiger partial charge in [0.05, 0.1) is 16.6 Å². The maximum Gasteiger partial charge on any atom is 0.335 e. The summed E-state index contributed by atoms with van der Waals surface area (Å²) in [7, 11) is 0. The van der Waals surface area contributed by atoms with Crippen LogP contribution in [0.3, 0.4) is 0 Å². The van der Waals surface area contributed by atoms with E-state index >= 15 is 0 Å². The molecule has 1 aliphatic rings. The number of carboxylic acids is 1. The van der Waals surface area contributed by atoms with Crippen molar-refractivity contribution in [1.29, 1.82) is 0 Å². The van der Waals surface area contributed by atoms with Crippen molar-refractivity contribution in [3.8, 4) is 0 Å². The first kappa shape index (κ1) is 9.39. The number of nitrogens with one attached hydrogen (secondary N) is 1. The van der Waals surface area contributed by atoms with Crippen molar-refractivity contribution in [2.75, 3.05) is 0 Å². The van der Waals surface area contributed by atoms with Gasteiger partial charge in [-0.25, -0.2) is 9.78 Å². The molecule has 1 aromatic heterocycles. The highest BCUT2D eigenvalue weighted by Crippen LogP contribution is 2.35. The van der Waals surface area contributed by atoms with Gasteiger partial charge < -0.3 is 10.1 Å². The minimum atomic E-state index is -0.901. The van der Waals surface area contributed by atoms with Gasteiger partial charge in [-0.15, -0.1) is 0 Å². The van der Waals surface area contributed by atoms with Crippen molar-refractivity contribution in [2.24, 2.45) is 0 Å². The van der Waals surface area contributed by atoms with Crippen LogP contribution in [0.1, 0.15) is 41.4 Å². The topological polar surface area (TPSA) is 66.0 Å². The summed E-state index contributed by atoms with van der Waals surface area (Å²) in [5.74, 6) is 0.645. The molecule has 1 fully saturated rings. The third kappa shape index (κ3) is 1.38. The minimum absolute atomic E-state index is 0.302. The van der Waals surface area contributed by atoms with E-state index in [0.717, 1.165) is 16.9 Å². The number of carboxylic acid groups (broad SMARTS) is 1. The Bertz CT molecular complexity index is 555. The second kappa shape index (κ2) is 3.33. The van der Waals surface area contributed by atoms with Crippen LogP contribution in [0.15, 0.2) is 18.2 Å². The molecular formula is C12H12N2O2. The lowest BCUT2D eigenvalue weighted by Gasteiger charge is -2.22. The molecule has 4 heteroatoms. The van der Waals surface area contributed by atoms with Gasteiger partial charge >= 0.3 is 5.97 Å². The molecule has 0 aliphatic heterocycles. The zero-order chi connectivity index (χ0) is 11.1. The van der Waals surface area contributed by atoms with Gasteiger partial charge in [0.1, 0.15) is 5.82 Å². The van der Waals surface area contributed by atoms with E-state index in [2.05, 4.69) is 9.97 Å². The Balaban J connectivity index is 2.06. The molecular weight excluding hydrogens is 204 g/mol. The first-order chi connectivity index (χ1) is 7.74. The van der Waals surface area contributed by atoms with Crippen LogP contribution in [0.4, 0.5) is 0 Å². The molecule has 1 heterocycles. The molecule has 4 nitrogen and oxygen atoms in total. The van der Waals surface area contributed by atoms with Gasteiger partial charge in [0.2, 0.25) is 0 Å². The fraction of sp³-hybridized carbons (Fsp3) is 0.333. The van der Waals surface area contributed by atoms with Crippen molar-refractivity contribution in [3.63, 3.8) is 0 Å². The lowest BCUT2D eigenvalue weighted by molar-refractivity contribution is 0.0697. The second-order valence-electron chi connectivity index (χ2n) is 4.29. The summed E-state index contributed by atoms with van der Waals surface area (Å²) in [6.45, 7) is 0. The average Bonchev–Trinajstić information content (AvgIpc) is 2.56. The average molecular weight is 216 g/mol. The molecule has 0 spiro atoms. The number of hydrogen-bond acceptors (Lipinski definition) is 2. The van der Waals surface area contributed by atoms with E-state index in [1.54, 1.807) is 18.2 Å². The van der Waals surface area contributed by atoms with Crippen molar-refractivity contribution in [3.05, 3.63) is 29.6 Å². The highest BCUT2D eigenvalue weighted by molar-refractivity contribution is 5.92. The number of nitrogens with zero attached hydrogens (tertiary/aromatic N) is 1. The predicted molar refractivity (Wildman–Crippen MR) is 59.6 cm³/mol. The normalized spacial score (nSPS) is 16.2. The lowest BCUT2D eigenvalue weighted by atomic mass is 9.85. The SMILES string of the molecule is O=C(O)c1ccc2nc(C3CCC3)[nH]c2c1. The number of aromatic nitrogens is 2. The van der Waals surface area contributed by atoms with Crippen LogP contribution in [0.25, 0.3) is 11.0 Å². The standard InChI is InChI=1S/C12H12N2O2/c15-12(16)8-4-5-9-10(6-8)14-11(13-9)7-2-1-3-7/h4-7H,1-3H2,(H,13,14)(H,15,16). The molecule has 1 saturated carbocycles. The smallest absolute Gasteiger partial charge is 0.335 e.